The van der Waals surface area contributed by atoms with E-state index >= 15 is 0 Å². The van der Waals surface area contributed by atoms with Crippen LogP contribution in [0.25, 0.3) is 0 Å². The Hall–Kier alpha value is -0.0900. The van der Waals surface area contributed by atoms with Gasteiger partial charge in [-0.2, -0.15) is 0 Å². The van der Waals surface area contributed by atoms with Gasteiger partial charge < -0.3 is 10.2 Å². The van der Waals surface area contributed by atoms with E-state index < -0.39 is 0 Å². The molecule has 0 radical (unpaired) electrons. The normalized spacial score (nSPS) is 13.0. The average molecular weight is 251 g/mol. The summed E-state index contributed by atoms with van der Waals surface area (Å²) in [5, 5.41) is 2.85. The Kier molecular flexibility index (Phi) is 7.28. The fraction of sp³-hybridized carbons (Fsp3) is 0.889. The molecule has 0 rings (SSSR count). The van der Waals surface area contributed by atoms with Crippen LogP contribution in [0.4, 0.5) is 0 Å². The van der Waals surface area contributed by atoms with Gasteiger partial charge in [-0.05, 0) is 20.0 Å². The third kappa shape index (κ3) is 6.05. The summed E-state index contributed by atoms with van der Waals surface area (Å²) in [5.74, 6) is 0.0622. The van der Waals surface area contributed by atoms with Crippen molar-refractivity contribution < 1.29 is 4.79 Å². The number of likely N-dealkylation sites (N-methyl/N-ethyl adjacent to an activating group) is 1. The van der Waals surface area contributed by atoms with E-state index in [-0.39, 0.29) is 10.7 Å². The number of carbonyl (C=O) groups is 1. The van der Waals surface area contributed by atoms with Crippen LogP contribution in [0.5, 0.6) is 0 Å². The molecule has 4 heteroatoms. The van der Waals surface area contributed by atoms with Crippen LogP contribution in [0.3, 0.4) is 0 Å². The van der Waals surface area contributed by atoms with Crippen molar-refractivity contribution in [1.82, 2.24) is 10.2 Å². The molecular formula is C9H19BrN2O. The number of nitrogens with zero attached hydrogens (tertiary/aromatic N) is 1. The van der Waals surface area contributed by atoms with Crippen molar-refractivity contribution in [3.63, 3.8) is 0 Å². The highest BCUT2D eigenvalue weighted by atomic mass is 79.9. The first-order chi connectivity index (χ1) is 6.11. The number of alkyl halides is 1. The molecular weight excluding hydrogens is 232 g/mol. The SMILES string of the molecule is CCN(CC)CCNC(=O)C(C)Br. The molecule has 0 aliphatic rings. The Bertz CT molecular complexity index is 147. The van der Waals surface area contributed by atoms with Crippen LogP contribution in [0, 0.1) is 0 Å². The number of rotatable bonds is 6. The molecule has 1 amide bonds. The number of halogens is 1. The minimum Gasteiger partial charge on any atom is -0.354 e. The van der Waals surface area contributed by atoms with Crippen LogP contribution in [0.15, 0.2) is 0 Å². The van der Waals surface area contributed by atoms with Crippen molar-refractivity contribution in [3.8, 4) is 0 Å². The lowest BCUT2D eigenvalue weighted by Gasteiger charge is -2.18. The summed E-state index contributed by atoms with van der Waals surface area (Å²) in [7, 11) is 0. The Morgan fingerprint density at radius 2 is 2.00 bits per heavy atom. The molecule has 0 aromatic carbocycles. The van der Waals surface area contributed by atoms with Gasteiger partial charge in [0.15, 0.2) is 0 Å². The summed E-state index contributed by atoms with van der Waals surface area (Å²) in [6.45, 7) is 9.81. The zero-order valence-electron chi connectivity index (χ0n) is 8.64. The first-order valence-corrected chi connectivity index (χ1v) is 5.67. The highest BCUT2D eigenvalue weighted by molar-refractivity contribution is 9.10. The maximum Gasteiger partial charge on any atom is 0.233 e. The van der Waals surface area contributed by atoms with Crippen molar-refractivity contribution >= 4 is 21.8 Å². The van der Waals surface area contributed by atoms with E-state index in [1.807, 2.05) is 6.92 Å². The van der Waals surface area contributed by atoms with Gasteiger partial charge in [0.1, 0.15) is 0 Å². The second-order valence-electron chi connectivity index (χ2n) is 2.93. The minimum absolute atomic E-state index is 0.0622. The maximum atomic E-state index is 11.1. The molecule has 13 heavy (non-hydrogen) atoms. The number of hydrogen-bond acceptors (Lipinski definition) is 2. The van der Waals surface area contributed by atoms with Gasteiger partial charge in [-0.3, -0.25) is 4.79 Å². The number of hydrogen-bond donors (Lipinski definition) is 1. The van der Waals surface area contributed by atoms with Crippen LogP contribution in [0.2, 0.25) is 0 Å². The molecule has 0 bridgehead atoms. The Morgan fingerprint density at radius 1 is 1.46 bits per heavy atom. The Labute approximate surface area is 89.0 Å². The van der Waals surface area contributed by atoms with Gasteiger partial charge in [-0.25, -0.2) is 0 Å². The predicted octanol–water partition coefficient (Wildman–Crippen LogP) is 1.23. The maximum absolute atomic E-state index is 11.1. The molecule has 0 saturated carbocycles. The van der Waals surface area contributed by atoms with Gasteiger partial charge in [-0.1, -0.05) is 29.8 Å². The van der Waals surface area contributed by atoms with Crippen molar-refractivity contribution in [2.45, 2.75) is 25.6 Å². The molecule has 0 spiro atoms. The first-order valence-electron chi connectivity index (χ1n) is 4.75. The lowest BCUT2D eigenvalue weighted by molar-refractivity contribution is -0.120. The summed E-state index contributed by atoms with van der Waals surface area (Å²) in [4.78, 5) is 13.3. The van der Waals surface area contributed by atoms with Gasteiger partial charge in [0.2, 0.25) is 5.91 Å². The third-order valence-electron chi connectivity index (χ3n) is 1.98. The molecule has 0 aromatic rings. The monoisotopic (exact) mass is 250 g/mol. The molecule has 0 saturated heterocycles. The third-order valence-corrected chi connectivity index (χ3v) is 2.40. The van der Waals surface area contributed by atoms with Crippen molar-refractivity contribution in [2.75, 3.05) is 26.2 Å². The molecule has 0 aromatic heterocycles. The molecule has 0 fully saturated rings. The van der Waals surface area contributed by atoms with Crippen molar-refractivity contribution in [1.29, 1.82) is 0 Å². The van der Waals surface area contributed by atoms with Gasteiger partial charge >= 0.3 is 0 Å². The summed E-state index contributed by atoms with van der Waals surface area (Å²) in [6, 6.07) is 0. The van der Waals surface area contributed by atoms with Crippen LogP contribution >= 0.6 is 15.9 Å². The average Bonchev–Trinajstić information content (AvgIpc) is 2.12. The zero-order chi connectivity index (χ0) is 10.3. The largest absolute Gasteiger partial charge is 0.354 e. The lowest BCUT2D eigenvalue weighted by atomic mass is 10.4. The number of carbonyl (C=O) groups excluding carboxylic acids is 1. The zero-order valence-corrected chi connectivity index (χ0v) is 10.2. The fourth-order valence-corrected chi connectivity index (χ4v) is 1.18. The van der Waals surface area contributed by atoms with Crippen LogP contribution in [0.1, 0.15) is 20.8 Å². The molecule has 0 heterocycles. The highest BCUT2D eigenvalue weighted by Gasteiger charge is 2.07. The van der Waals surface area contributed by atoms with E-state index in [1.54, 1.807) is 0 Å². The fourth-order valence-electron chi connectivity index (χ4n) is 1.02. The second-order valence-corrected chi connectivity index (χ2v) is 4.31. The molecule has 0 aliphatic heterocycles. The predicted molar refractivity (Wildman–Crippen MR) is 59.2 cm³/mol. The van der Waals surface area contributed by atoms with Gasteiger partial charge in [0.25, 0.3) is 0 Å². The minimum atomic E-state index is -0.0933. The van der Waals surface area contributed by atoms with Crippen LogP contribution < -0.4 is 5.32 Å². The van der Waals surface area contributed by atoms with E-state index in [0.717, 1.165) is 26.2 Å². The molecule has 1 unspecified atom stereocenters. The van der Waals surface area contributed by atoms with E-state index in [9.17, 15) is 4.79 Å². The van der Waals surface area contributed by atoms with Gasteiger partial charge in [-0.15, -0.1) is 0 Å². The summed E-state index contributed by atoms with van der Waals surface area (Å²) < 4.78 is 0. The van der Waals surface area contributed by atoms with E-state index in [0.29, 0.717) is 0 Å². The van der Waals surface area contributed by atoms with E-state index in [1.165, 1.54) is 0 Å². The topological polar surface area (TPSA) is 32.3 Å². The molecule has 3 nitrogen and oxygen atoms in total. The number of nitrogens with one attached hydrogen (secondary N) is 1. The standard InChI is InChI=1S/C9H19BrN2O/c1-4-12(5-2)7-6-11-9(13)8(3)10/h8H,4-7H2,1-3H3,(H,11,13). The molecule has 1 atom stereocenters. The van der Waals surface area contributed by atoms with Crippen LogP contribution in [-0.2, 0) is 4.79 Å². The molecule has 78 valence electrons. The molecule has 0 aliphatic carbocycles. The summed E-state index contributed by atoms with van der Waals surface area (Å²) >= 11 is 3.22. The highest BCUT2D eigenvalue weighted by Crippen LogP contribution is 1.95. The smallest absolute Gasteiger partial charge is 0.233 e. The molecule has 1 N–H and O–H groups in total. The van der Waals surface area contributed by atoms with Gasteiger partial charge in [0.05, 0.1) is 4.83 Å². The van der Waals surface area contributed by atoms with E-state index in [4.69, 9.17) is 0 Å². The van der Waals surface area contributed by atoms with Crippen molar-refractivity contribution in [3.05, 3.63) is 0 Å². The van der Waals surface area contributed by atoms with Crippen molar-refractivity contribution in [2.24, 2.45) is 0 Å². The first kappa shape index (κ1) is 12.9. The quantitative estimate of drug-likeness (QED) is 0.720. The lowest BCUT2D eigenvalue weighted by Crippen LogP contribution is -2.37. The Morgan fingerprint density at radius 3 is 2.38 bits per heavy atom. The number of amides is 1. The Balaban J connectivity index is 3.49. The van der Waals surface area contributed by atoms with Crippen LogP contribution in [-0.4, -0.2) is 41.8 Å². The second kappa shape index (κ2) is 7.33. The summed E-state index contributed by atoms with van der Waals surface area (Å²) in [6.07, 6.45) is 0. The van der Waals surface area contributed by atoms with E-state index in [2.05, 4.69) is 40.0 Å². The van der Waals surface area contributed by atoms with Gasteiger partial charge in [0, 0.05) is 13.1 Å². The summed E-state index contributed by atoms with van der Waals surface area (Å²) in [5.41, 5.74) is 0.